The van der Waals surface area contributed by atoms with Crippen LogP contribution in [0.1, 0.15) is 24.2 Å². The summed E-state index contributed by atoms with van der Waals surface area (Å²) in [6.07, 6.45) is 0. The number of ether oxygens (including phenoxy) is 1. The third-order valence-corrected chi connectivity index (χ3v) is 6.68. The maximum Gasteiger partial charge on any atom is 0.258 e. The van der Waals surface area contributed by atoms with E-state index >= 15 is 0 Å². The molecule has 0 aromatic heterocycles. The first-order chi connectivity index (χ1) is 13.3. The van der Waals surface area contributed by atoms with Gasteiger partial charge in [0.2, 0.25) is 10.0 Å². The molecule has 0 unspecified atom stereocenters. The summed E-state index contributed by atoms with van der Waals surface area (Å²) in [5, 5.41) is 0.582. The van der Waals surface area contributed by atoms with Crippen molar-refractivity contribution in [2.45, 2.75) is 24.8 Å². The summed E-state index contributed by atoms with van der Waals surface area (Å²) in [7, 11) is -3.67. The number of sulfonamides is 1. The number of amides is 1. The molecule has 1 fully saturated rings. The van der Waals surface area contributed by atoms with Gasteiger partial charge in [0.1, 0.15) is 0 Å². The molecule has 6 nitrogen and oxygen atoms in total. The quantitative estimate of drug-likeness (QED) is 0.740. The van der Waals surface area contributed by atoms with Gasteiger partial charge in [-0.3, -0.25) is 4.79 Å². The molecule has 28 heavy (non-hydrogen) atoms. The van der Waals surface area contributed by atoms with Gasteiger partial charge >= 0.3 is 0 Å². The number of halogens is 1. The van der Waals surface area contributed by atoms with Crippen molar-refractivity contribution in [1.82, 2.24) is 4.31 Å². The van der Waals surface area contributed by atoms with Crippen LogP contribution in [0.5, 0.6) is 0 Å². The molecule has 0 N–H and O–H groups in total. The second kappa shape index (κ2) is 8.61. The molecule has 0 bridgehead atoms. The van der Waals surface area contributed by atoms with E-state index in [1.165, 1.54) is 16.4 Å². The van der Waals surface area contributed by atoms with Gasteiger partial charge in [-0.05, 0) is 56.3 Å². The Kier molecular flexibility index (Phi) is 6.40. The van der Waals surface area contributed by atoms with E-state index < -0.39 is 10.0 Å². The number of carbonyl (C=O) groups excluding carboxylic acids is 1. The topological polar surface area (TPSA) is 66.9 Å². The van der Waals surface area contributed by atoms with Crippen molar-refractivity contribution in [3.8, 4) is 0 Å². The van der Waals surface area contributed by atoms with Crippen LogP contribution in [-0.4, -0.2) is 51.0 Å². The van der Waals surface area contributed by atoms with Crippen LogP contribution in [0.2, 0.25) is 5.02 Å². The van der Waals surface area contributed by atoms with E-state index in [1.54, 1.807) is 41.3 Å². The van der Waals surface area contributed by atoms with Crippen LogP contribution in [0.25, 0.3) is 0 Å². The Morgan fingerprint density at radius 1 is 1.11 bits per heavy atom. The lowest BCUT2D eigenvalue weighted by Crippen LogP contribution is -2.40. The van der Waals surface area contributed by atoms with Crippen molar-refractivity contribution in [1.29, 1.82) is 0 Å². The number of hydrogen-bond acceptors (Lipinski definition) is 4. The van der Waals surface area contributed by atoms with Crippen LogP contribution in [0.4, 0.5) is 5.69 Å². The van der Waals surface area contributed by atoms with Gasteiger partial charge in [0.15, 0.2) is 0 Å². The predicted molar refractivity (Wildman–Crippen MR) is 109 cm³/mol. The highest BCUT2D eigenvalue weighted by atomic mass is 35.5. The van der Waals surface area contributed by atoms with Crippen LogP contribution < -0.4 is 4.90 Å². The van der Waals surface area contributed by atoms with Gasteiger partial charge in [-0.1, -0.05) is 17.7 Å². The minimum atomic E-state index is -3.67. The zero-order valence-corrected chi connectivity index (χ0v) is 17.4. The first-order valence-corrected chi connectivity index (χ1v) is 10.9. The summed E-state index contributed by atoms with van der Waals surface area (Å²) in [4.78, 5) is 14.9. The van der Waals surface area contributed by atoms with Crippen LogP contribution in [0, 0.1) is 0 Å². The Hall–Kier alpha value is -1.93. The molecule has 0 atom stereocenters. The van der Waals surface area contributed by atoms with Crippen molar-refractivity contribution in [2.24, 2.45) is 0 Å². The van der Waals surface area contributed by atoms with Crippen molar-refractivity contribution in [3.05, 3.63) is 59.1 Å². The molecule has 2 aromatic rings. The fraction of sp³-hybridized carbons (Fsp3) is 0.350. The SMILES string of the molecule is CC(C)N(C(=O)c1cccc(S(=O)(=O)N2CCOCC2)c1)c1ccc(Cl)cc1. The third kappa shape index (κ3) is 4.38. The van der Waals surface area contributed by atoms with Gasteiger partial charge in [0, 0.05) is 35.4 Å². The maximum atomic E-state index is 13.2. The Morgan fingerprint density at radius 3 is 2.36 bits per heavy atom. The molecule has 1 heterocycles. The lowest BCUT2D eigenvalue weighted by atomic mass is 10.1. The second-order valence-electron chi connectivity index (χ2n) is 6.79. The number of anilines is 1. The first kappa shape index (κ1) is 20.8. The van der Waals surface area contributed by atoms with Gasteiger partial charge in [-0.25, -0.2) is 8.42 Å². The fourth-order valence-corrected chi connectivity index (χ4v) is 4.70. The van der Waals surface area contributed by atoms with Crippen LogP contribution in [-0.2, 0) is 14.8 Å². The Balaban J connectivity index is 1.93. The van der Waals surface area contributed by atoms with E-state index in [4.69, 9.17) is 16.3 Å². The van der Waals surface area contributed by atoms with E-state index in [2.05, 4.69) is 0 Å². The Morgan fingerprint density at radius 2 is 1.75 bits per heavy atom. The molecular formula is C20H23ClN2O4S. The van der Waals surface area contributed by atoms with E-state index in [9.17, 15) is 13.2 Å². The lowest BCUT2D eigenvalue weighted by molar-refractivity contribution is 0.0730. The van der Waals surface area contributed by atoms with Crippen LogP contribution >= 0.6 is 11.6 Å². The van der Waals surface area contributed by atoms with Gasteiger partial charge in [-0.2, -0.15) is 4.31 Å². The van der Waals surface area contributed by atoms with E-state index in [0.717, 1.165) is 0 Å². The number of nitrogens with zero attached hydrogens (tertiary/aromatic N) is 2. The van der Waals surface area contributed by atoms with Gasteiger partial charge in [0.25, 0.3) is 5.91 Å². The molecule has 0 aliphatic carbocycles. The van der Waals surface area contributed by atoms with Crippen molar-refractivity contribution in [2.75, 3.05) is 31.2 Å². The zero-order valence-electron chi connectivity index (χ0n) is 15.8. The maximum absolute atomic E-state index is 13.2. The molecular weight excluding hydrogens is 400 g/mol. The standard InChI is InChI=1S/C20H23ClN2O4S/c1-15(2)23(18-8-6-17(21)7-9-18)20(24)16-4-3-5-19(14-16)28(25,26)22-10-12-27-13-11-22/h3-9,14-15H,10-13H2,1-2H3. The van der Waals surface area contributed by atoms with Crippen LogP contribution in [0.15, 0.2) is 53.4 Å². The number of benzene rings is 2. The molecule has 0 spiro atoms. The normalized spacial score (nSPS) is 15.6. The molecule has 150 valence electrons. The zero-order chi connectivity index (χ0) is 20.3. The smallest absolute Gasteiger partial charge is 0.258 e. The number of rotatable bonds is 5. The van der Waals surface area contributed by atoms with E-state index in [0.29, 0.717) is 42.6 Å². The van der Waals surface area contributed by atoms with Gasteiger partial charge in [-0.15, -0.1) is 0 Å². The highest BCUT2D eigenvalue weighted by Crippen LogP contribution is 2.24. The molecule has 3 rings (SSSR count). The summed E-state index contributed by atoms with van der Waals surface area (Å²) in [6.45, 7) is 5.17. The number of carbonyl (C=O) groups is 1. The average molecular weight is 423 g/mol. The summed E-state index contributed by atoms with van der Waals surface area (Å²) < 4.78 is 32.4. The molecule has 1 amide bonds. The summed E-state index contributed by atoms with van der Waals surface area (Å²) in [6, 6.07) is 13.1. The first-order valence-electron chi connectivity index (χ1n) is 9.08. The molecule has 1 saturated heterocycles. The molecule has 1 aliphatic heterocycles. The largest absolute Gasteiger partial charge is 0.379 e. The highest BCUT2D eigenvalue weighted by molar-refractivity contribution is 7.89. The van der Waals surface area contributed by atoms with Crippen molar-refractivity contribution < 1.29 is 17.9 Å². The Bertz CT molecular complexity index is 939. The number of morpholine rings is 1. The van der Waals surface area contributed by atoms with Crippen molar-refractivity contribution in [3.63, 3.8) is 0 Å². The van der Waals surface area contributed by atoms with E-state index in [-0.39, 0.29) is 16.8 Å². The summed E-state index contributed by atoms with van der Waals surface area (Å²) in [5.74, 6) is -0.267. The minimum Gasteiger partial charge on any atom is -0.379 e. The number of hydrogen-bond donors (Lipinski definition) is 0. The summed E-state index contributed by atoms with van der Waals surface area (Å²) >= 11 is 5.95. The van der Waals surface area contributed by atoms with Gasteiger partial charge < -0.3 is 9.64 Å². The van der Waals surface area contributed by atoms with Crippen LogP contribution in [0.3, 0.4) is 0 Å². The molecule has 2 aromatic carbocycles. The van der Waals surface area contributed by atoms with Crippen molar-refractivity contribution >= 4 is 33.2 Å². The monoisotopic (exact) mass is 422 g/mol. The third-order valence-electron chi connectivity index (χ3n) is 4.53. The molecule has 8 heteroatoms. The molecule has 0 radical (unpaired) electrons. The summed E-state index contributed by atoms with van der Waals surface area (Å²) in [5.41, 5.74) is 1.02. The average Bonchev–Trinajstić information content (AvgIpc) is 2.70. The highest BCUT2D eigenvalue weighted by Gasteiger charge is 2.28. The van der Waals surface area contributed by atoms with E-state index in [1.807, 2.05) is 13.8 Å². The Labute approximate surface area is 170 Å². The molecule has 1 aliphatic rings. The second-order valence-corrected chi connectivity index (χ2v) is 9.16. The van der Waals surface area contributed by atoms with Gasteiger partial charge in [0.05, 0.1) is 18.1 Å². The predicted octanol–water partition coefficient (Wildman–Crippen LogP) is 3.42. The fourth-order valence-electron chi connectivity index (χ4n) is 3.12. The lowest BCUT2D eigenvalue weighted by Gasteiger charge is -2.28. The molecule has 0 saturated carbocycles. The minimum absolute atomic E-state index is 0.111.